The second kappa shape index (κ2) is 46.6. The number of hydrogen-bond acceptors (Lipinski definition) is 9. The van der Waals surface area contributed by atoms with Gasteiger partial charge in [-0.3, -0.25) is 52.7 Å². The summed E-state index contributed by atoms with van der Waals surface area (Å²) in [7, 11) is 0. The van der Waals surface area contributed by atoms with Crippen molar-refractivity contribution in [3.05, 3.63) is 361 Å². The Labute approximate surface area is 877 Å². The third kappa shape index (κ3) is 22.0. The minimum absolute atomic E-state index is 0. The van der Waals surface area contributed by atoms with Crippen LogP contribution in [0.2, 0.25) is 0 Å². The van der Waals surface area contributed by atoms with Crippen LogP contribution in [0.1, 0.15) is 304 Å². The molecule has 0 N–H and O–H groups in total. The van der Waals surface area contributed by atoms with E-state index in [1.54, 1.807) is 37.3 Å². The van der Waals surface area contributed by atoms with E-state index in [0.717, 1.165) is 93.4 Å². The van der Waals surface area contributed by atoms with Gasteiger partial charge in [-0.2, -0.15) is 4.98 Å². The van der Waals surface area contributed by atoms with E-state index < -0.39 is 0 Å². The fourth-order valence-electron chi connectivity index (χ4n) is 19.0. The molecule has 14 heterocycles. The summed E-state index contributed by atoms with van der Waals surface area (Å²) in [6.45, 7) is 54.3. The SMILES string of the molecule is CC(C)c1cccc(C(C)C)c1-n1[c-][n+](-c2c(C(C)C)cccc2C(C)C)c2cnccc21.CC(C)c1cccc(C(C)C)c1-n1[c-][n+](-c2c(C(C)C)cccc2C(C)C)c2cncnc21.CC(C)c1cccc(C(C)C)c1-n1[c-][n+](-c2c(C(C)C)cccc2C(C)C)c2ncccc21.[Au].[Au].[Au].c1cc2[n-]c3ccncc3c2cn1.c1cc2[n-]c3ccncc3c2cn1.c1ccc2c(c1)[n-]c1ccncc12. The van der Waals surface area contributed by atoms with Gasteiger partial charge in [-0.05, 0) is 182 Å². The normalized spacial score (nSPS) is 11.6. The molecule has 0 atom stereocenters. The third-order valence-corrected chi connectivity index (χ3v) is 26.1. The molecule has 21 heteroatoms. The van der Waals surface area contributed by atoms with E-state index in [1.807, 2.05) is 110 Å². The van der Waals surface area contributed by atoms with Crippen LogP contribution >= 0.6 is 0 Å². The van der Waals surface area contributed by atoms with Crippen molar-refractivity contribution in [1.82, 2.24) is 73.5 Å². The van der Waals surface area contributed by atoms with Crippen molar-refractivity contribution in [3.8, 4) is 34.1 Å². The Morgan fingerprint density at radius 2 is 0.496 bits per heavy atom. The van der Waals surface area contributed by atoms with Crippen molar-refractivity contribution in [2.24, 2.45) is 0 Å². The molecule has 3 radical (unpaired) electrons. The molecule has 0 saturated heterocycles. The van der Waals surface area contributed by atoms with Gasteiger partial charge in [0.2, 0.25) is 5.65 Å². The molecule has 14 aromatic heterocycles. The summed E-state index contributed by atoms with van der Waals surface area (Å²) in [6, 6.07) is 64.2. The summed E-state index contributed by atoms with van der Waals surface area (Å²) in [6.07, 6.45) is 38.6. The zero-order valence-corrected chi connectivity index (χ0v) is 91.9. The van der Waals surface area contributed by atoms with Gasteiger partial charge in [0.1, 0.15) is 11.8 Å². The van der Waals surface area contributed by atoms with Crippen LogP contribution in [0, 0.1) is 19.0 Å². The Kier molecular flexibility index (Phi) is 35.1. The number of benzene rings is 7. The van der Waals surface area contributed by atoms with E-state index in [2.05, 4.69) is 390 Å². The quantitative estimate of drug-likeness (QED) is 0.0450. The molecule has 0 fully saturated rings. The first-order chi connectivity index (χ1) is 66.5. The minimum Gasteiger partial charge on any atom is -0.657 e. The molecule has 21 aromatic rings. The average Bonchev–Trinajstić information content (AvgIpc) is 1.60. The maximum atomic E-state index is 4.86. The average molecular weight is 2410 g/mol. The molecule has 0 aliphatic rings. The Morgan fingerprint density at radius 3 is 0.851 bits per heavy atom. The monoisotopic (exact) mass is 2410 g/mol. The van der Waals surface area contributed by atoms with Crippen molar-refractivity contribution >= 4 is 98.8 Å². The van der Waals surface area contributed by atoms with Gasteiger partial charge in [0.05, 0.1) is 45.5 Å². The maximum absolute atomic E-state index is 4.86. The van der Waals surface area contributed by atoms with Gasteiger partial charge in [-0.15, -0.1) is 33.1 Å². The van der Waals surface area contributed by atoms with Crippen LogP contribution in [0.3, 0.4) is 0 Å². The number of rotatable bonds is 18. The van der Waals surface area contributed by atoms with Crippen molar-refractivity contribution < 1.29 is 80.8 Å². The van der Waals surface area contributed by atoms with Crippen LogP contribution in [0.25, 0.3) is 133 Å². The minimum atomic E-state index is 0. The molecule has 0 amide bonds. The molecule has 0 aliphatic carbocycles. The summed E-state index contributed by atoms with van der Waals surface area (Å²) in [5, 5.41) is 6.62. The fourth-order valence-corrected chi connectivity index (χ4v) is 19.0. The Morgan fingerprint density at radius 1 is 0.227 bits per heavy atom. The standard InChI is InChI=1S/2C30H37N3.C29H36N4.C11H7N2.2C10H6N3.3Au/c1-19(2)23-12-9-13-24(20(3)4)28(23)32-18-33(30-27(32)16-11-17-31-30)29-25(21(5)6)14-10-15-26(29)22(7)8;1-19(2)23-11-9-12-24(20(3)4)29(23)32-18-33(28-17-31-16-15-27(28)32)30-25(21(5)6)13-10-14-26(30)22(7)8;1-18(2)22-11-9-12-23(19(3)4)27(22)32-17-33(29-26(32)15-30-16-31-29)28-24(20(5)6)13-10-14-25(28)21(7)8;1-2-4-10-8(3-1)9-7-12-6-5-11(9)13-10;2*1-3-11-5-7-8-6-12-4-2-10(8)13-9(1)7;;;/h2*9-17,19-22H,1-8H3;9-16,18-21H,1-8H3;1-7H;2*1-6H;;;/q;;;3*-1;;;. The summed E-state index contributed by atoms with van der Waals surface area (Å²) in [5.41, 5.74) is 35.4. The molecule has 18 nitrogen and oxygen atoms in total. The third-order valence-electron chi connectivity index (χ3n) is 26.1. The molecule has 21 rings (SSSR count). The maximum Gasteiger partial charge on any atom is 0.271 e. The first-order valence-corrected chi connectivity index (χ1v) is 49.0. The molecular formula is C120H129Au3N18-3. The predicted molar refractivity (Wildman–Crippen MR) is 564 cm³/mol. The van der Waals surface area contributed by atoms with Crippen molar-refractivity contribution in [2.45, 2.75) is 237 Å². The van der Waals surface area contributed by atoms with Gasteiger partial charge in [0.25, 0.3) is 12.7 Å². The molecule has 141 heavy (non-hydrogen) atoms. The second-order valence-corrected chi connectivity index (χ2v) is 39.6. The molecule has 0 bridgehead atoms. The van der Waals surface area contributed by atoms with Gasteiger partial charge >= 0.3 is 0 Å². The number of hydrogen-bond donors (Lipinski definition) is 0. The predicted octanol–water partition coefficient (Wildman–Crippen LogP) is 28.0. The Hall–Kier alpha value is -12.3. The first kappa shape index (κ1) is 106. The van der Waals surface area contributed by atoms with Crippen LogP contribution in [0.15, 0.2) is 275 Å². The summed E-state index contributed by atoms with van der Waals surface area (Å²) in [5.74, 6) is 4.78. The van der Waals surface area contributed by atoms with Gasteiger partial charge in [-0.1, -0.05) is 336 Å². The van der Waals surface area contributed by atoms with E-state index in [9.17, 15) is 0 Å². The zero-order valence-electron chi connectivity index (χ0n) is 85.4. The molecule has 0 spiro atoms. The second-order valence-electron chi connectivity index (χ2n) is 39.6. The van der Waals surface area contributed by atoms with Gasteiger partial charge in [0, 0.05) is 159 Å². The first-order valence-electron chi connectivity index (χ1n) is 49.0. The number of pyridine rings is 7. The largest absolute Gasteiger partial charge is 0.657 e. The smallest absolute Gasteiger partial charge is 0.271 e. The molecule has 0 aliphatic heterocycles. The number of para-hydroxylation sites is 7. The van der Waals surface area contributed by atoms with Crippen molar-refractivity contribution in [2.75, 3.05) is 0 Å². The fraction of sp³-hybridized carbons (Fsp3) is 0.300. The van der Waals surface area contributed by atoms with Crippen LogP contribution < -0.4 is 28.7 Å². The number of nitrogens with zero attached hydrogens (tertiary/aromatic N) is 18. The van der Waals surface area contributed by atoms with E-state index in [1.165, 1.54) is 106 Å². The Balaban J connectivity index is 0.000000148. The van der Waals surface area contributed by atoms with Crippen LogP contribution in [0.5, 0.6) is 0 Å². The molecule has 0 unspecified atom stereocenters. The zero-order chi connectivity index (χ0) is 97.6. The number of aromatic nitrogens is 18. The van der Waals surface area contributed by atoms with Crippen LogP contribution in [-0.2, 0) is 67.1 Å². The summed E-state index contributed by atoms with van der Waals surface area (Å²) in [4.78, 5) is 52.2. The van der Waals surface area contributed by atoms with E-state index in [4.69, 9.17) is 9.97 Å². The number of imidazole rings is 3. The van der Waals surface area contributed by atoms with E-state index >= 15 is 0 Å². The van der Waals surface area contributed by atoms with E-state index in [0.29, 0.717) is 71.0 Å². The van der Waals surface area contributed by atoms with Crippen LogP contribution in [0.4, 0.5) is 0 Å². The van der Waals surface area contributed by atoms with Crippen molar-refractivity contribution in [1.29, 1.82) is 0 Å². The summed E-state index contributed by atoms with van der Waals surface area (Å²) >= 11 is 0. The van der Waals surface area contributed by atoms with Gasteiger partial charge < -0.3 is 19.5 Å². The van der Waals surface area contributed by atoms with Gasteiger partial charge in [-0.25, -0.2) is 9.97 Å². The number of fused-ring (bicyclic) bond motifs is 12. The summed E-state index contributed by atoms with van der Waals surface area (Å²) < 4.78 is 13.4. The topological polar surface area (TPSA) is 185 Å². The van der Waals surface area contributed by atoms with Crippen molar-refractivity contribution in [3.63, 3.8) is 0 Å². The molecule has 735 valence electrons. The molecular weight excluding hydrogens is 2280 g/mol. The van der Waals surface area contributed by atoms with Crippen LogP contribution in [-0.4, -0.2) is 58.6 Å². The van der Waals surface area contributed by atoms with E-state index in [-0.39, 0.29) is 67.1 Å². The Bertz CT molecular complexity index is 6540. The van der Waals surface area contributed by atoms with Gasteiger partial charge in [0.15, 0.2) is 12.0 Å². The molecule has 7 aromatic carbocycles. The molecule has 0 saturated carbocycles.